The average molecular weight is 378 g/mol. The standard InChI is InChI=1S/C19H23N3OS.ClH/c1-12-2-4-13(5-3-12)19-21-15(11-24-19)8-18(23)22-9-14-6-7-17(20)16(14)10-22;/h2-5,11,14,16-17H,6-10,20H2,1H3;1H. The second-order valence-corrected chi connectivity index (χ2v) is 8.01. The highest BCUT2D eigenvalue weighted by atomic mass is 35.5. The number of carbonyl (C=O) groups is 1. The Morgan fingerprint density at radius 3 is 2.76 bits per heavy atom. The first kappa shape index (κ1) is 18.4. The summed E-state index contributed by atoms with van der Waals surface area (Å²) in [5.41, 5.74) is 9.40. The SMILES string of the molecule is Cc1ccc(-c2nc(CC(=O)N3CC4CCC(N)C4C3)cs2)cc1.Cl. The van der Waals surface area contributed by atoms with Gasteiger partial charge in [-0.1, -0.05) is 29.8 Å². The van der Waals surface area contributed by atoms with Crippen LogP contribution in [0.3, 0.4) is 0 Å². The molecule has 1 saturated carbocycles. The molecule has 0 bridgehead atoms. The Morgan fingerprint density at radius 1 is 1.28 bits per heavy atom. The number of carbonyl (C=O) groups excluding carboxylic acids is 1. The number of aromatic nitrogens is 1. The number of rotatable bonds is 3. The molecule has 1 aliphatic heterocycles. The molecule has 4 nitrogen and oxygen atoms in total. The summed E-state index contributed by atoms with van der Waals surface area (Å²) in [7, 11) is 0. The fourth-order valence-corrected chi connectivity index (χ4v) is 4.82. The van der Waals surface area contributed by atoms with E-state index in [1.807, 2.05) is 10.3 Å². The van der Waals surface area contributed by atoms with Gasteiger partial charge < -0.3 is 10.6 Å². The average Bonchev–Trinajstić information content (AvgIpc) is 3.26. The van der Waals surface area contributed by atoms with Crippen LogP contribution in [0.15, 0.2) is 29.6 Å². The van der Waals surface area contributed by atoms with Crippen molar-refractivity contribution in [2.24, 2.45) is 17.6 Å². The third-order valence-corrected chi connectivity index (χ3v) is 6.39. The minimum Gasteiger partial charge on any atom is -0.342 e. The zero-order valence-corrected chi connectivity index (χ0v) is 16.0. The molecule has 3 unspecified atom stereocenters. The number of thiazole rings is 1. The number of hydrogen-bond donors (Lipinski definition) is 1. The smallest absolute Gasteiger partial charge is 0.228 e. The fourth-order valence-electron chi connectivity index (χ4n) is 3.99. The van der Waals surface area contributed by atoms with Gasteiger partial charge in [0.05, 0.1) is 12.1 Å². The fraction of sp³-hybridized carbons (Fsp3) is 0.474. The molecule has 134 valence electrons. The molecule has 1 saturated heterocycles. The maximum atomic E-state index is 12.6. The van der Waals surface area contributed by atoms with E-state index in [0.29, 0.717) is 18.3 Å². The predicted molar refractivity (Wildman–Crippen MR) is 104 cm³/mol. The first-order valence-electron chi connectivity index (χ1n) is 8.65. The Hall–Kier alpha value is -1.43. The van der Waals surface area contributed by atoms with Crippen molar-refractivity contribution >= 4 is 29.7 Å². The summed E-state index contributed by atoms with van der Waals surface area (Å²) in [6.07, 6.45) is 2.68. The van der Waals surface area contributed by atoms with Gasteiger partial charge in [0.25, 0.3) is 0 Å². The van der Waals surface area contributed by atoms with Crippen LogP contribution in [0.5, 0.6) is 0 Å². The minimum atomic E-state index is 0. The molecule has 3 atom stereocenters. The number of likely N-dealkylation sites (tertiary alicyclic amines) is 1. The lowest BCUT2D eigenvalue weighted by atomic mass is 9.98. The van der Waals surface area contributed by atoms with E-state index in [0.717, 1.165) is 35.8 Å². The topological polar surface area (TPSA) is 59.2 Å². The van der Waals surface area contributed by atoms with Gasteiger partial charge in [0.1, 0.15) is 5.01 Å². The molecule has 2 heterocycles. The van der Waals surface area contributed by atoms with E-state index in [2.05, 4.69) is 36.2 Å². The van der Waals surface area contributed by atoms with Crippen LogP contribution in [0.1, 0.15) is 24.1 Å². The zero-order chi connectivity index (χ0) is 16.7. The molecular formula is C19H24ClN3OS. The van der Waals surface area contributed by atoms with Crippen molar-refractivity contribution in [3.8, 4) is 10.6 Å². The molecular weight excluding hydrogens is 354 g/mol. The number of halogens is 1. The highest BCUT2D eigenvalue weighted by Crippen LogP contribution is 2.37. The molecule has 1 aromatic carbocycles. The van der Waals surface area contributed by atoms with Gasteiger partial charge in [-0.2, -0.15) is 0 Å². The lowest BCUT2D eigenvalue weighted by molar-refractivity contribution is -0.129. The van der Waals surface area contributed by atoms with E-state index in [4.69, 9.17) is 5.73 Å². The summed E-state index contributed by atoms with van der Waals surface area (Å²) in [6, 6.07) is 8.63. The quantitative estimate of drug-likeness (QED) is 0.892. The van der Waals surface area contributed by atoms with Gasteiger partial charge in [-0.25, -0.2) is 4.98 Å². The number of benzene rings is 1. The number of amides is 1. The highest BCUT2D eigenvalue weighted by Gasteiger charge is 2.42. The van der Waals surface area contributed by atoms with E-state index in [-0.39, 0.29) is 24.4 Å². The van der Waals surface area contributed by atoms with Crippen molar-refractivity contribution in [1.82, 2.24) is 9.88 Å². The van der Waals surface area contributed by atoms with E-state index >= 15 is 0 Å². The van der Waals surface area contributed by atoms with Crippen LogP contribution < -0.4 is 5.73 Å². The first-order chi connectivity index (χ1) is 11.6. The molecule has 2 aromatic rings. The van der Waals surface area contributed by atoms with Gasteiger partial charge in [0.15, 0.2) is 0 Å². The molecule has 1 aliphatic carbocycles. The summed E-state index contributed by atoms with van der Waals surface area (Å²) in [5.74, 6) is 1.31. The largest absolute Gasteiger partial charge is 0.342 e. The van der Waals surface area contributed by atoms with Crippen molar-refractivity contribution in [2.45, 2.75) is 32.2 Å². The van der Waals surface area contributed by atoms with Crippen molar-refractivity contribution in [3.63, 3.8) is 0 Å². The molecule has 1 aromatic heterocycles. The normalized spacial score (nSPS) is 24.9. The Kier molecular flexibility index (Phi) is 5.46. The first-order valence-corrected chi connectivity index (χ1v) is 9.53. The Morgan fingerprint density at radius 2 is 2.04 bits per heavy atom. The number of hydrogen-bond acceptors (Lipinski definition) is 4. The Bertz CT molecular complexity index is 745. The molecule has 25 heavy (non-hydrogen) atoms. The minimum absolute atomic E-state index is 0. The van der Waals surface area contributed by atoms with Crippen LogP contribution in [0, 0.1) is 18.8 Å². The second-order valence-electron chi connectivity index (χ2n) is 7.15. The lowest BCUT2D eigenvalue weighted by Crippen LogP contribution is -2.34. The molecule has 4 rings (SSSR count). The van der Waals surface area contributed by atoms with Gasteiger partial charge in [-0.05, 0) is 31.6 Å². The maximum absolute atomic E-state index is 12.6. The molecule has 0 radical (unpaired) electrons. The summed E-state index contributed by atoms with van der Waals surface area (Å²) in [5, 5.41) is 2.99. The van der Waals surface area contributed by atoms with Crippen LogP contribution in [0.4, 0.5) is 0 Å². The summed E-state index contributed by atoms with van der Waals surface area (Å²) in [6.45, 7) is 3.79. The second kappa shape index (κ2) is 7.44. The van der Waals surface area contributed by atoms with Gasteiger partial charge in [0, 0.05) is 30.1 Å². The van der Waals surface area contributed by atoms with E-state index < -0.39 is 0 Å². The maximum Gasteiger partial charge on any atom is 0.228 e. The van der Waals surface area contributed by atoms with Gasteiger partial charge in [-0.3, -0.25) is 4.79 Å². The molecule has 2 N–H and O–H groups in total. The molecule has 1 amide bonds. The monoisotopic (exact) mass is 377 g/mol. The van der Waals surface area contributed by atoms with Crippen LogP contribution in [-0.4, -0.2) is 34.9 Å². The number of nitrogens with zero attached hydrogens (tertiary/aromatic N) is 2. The predicted octanol–water partition coefficient (Wildman–Crippen LogP) is 3.28. The summed E-state index contributed by atoms with van der Waals surface area (Å²) < 4.78 is 0. The van der Waals surface area contributed by atoms with E-state index in [1.165, 1.54) is 12.0 Å². The van der Waals surface area contributed by atoms with Crippen LogP contribution >= 0.6 is 23.7 Å². The zero-order valence-electron chi connectivity index (χ0n) is 14.4. The third-order valence-electron chi connectivity index (χ3n) is 5.45. The number of fused-ring (bicyclic) bond motifs is 1. The summed E-state index contributed by atoms with van der Waals surface area (Å²) >= 11 is 1.61. The van der Waals surface area contributed by atoms with Crippen molar-refractivity contribution < 1.29 is 4.79 Å². The van der Waals surface area contributed by atoms with Gasteiger partial charge in [0.2, 0.25) is 5.91 Å². The molecule has 0 spiro atoms. The Balaban J connectivity index is 0.00000182. The summed E-state index contributed by atoms with van der Waals surface area (Å²) in [4.78, 5) is 19.2. The lowest BCUT2D eigenvalue weighted by Gasteiger charge is -2.18. The van der Waals surface area contributed by atoms with Gasteiger partial charge in [-0.15, -0.1) is 23.7 Å². The van der Waals surface area contributed by atoms with E-state index in [9.17, 15) is 4.79 Å². The van der Waals surface area contributed by atoms with E-state index in [1.54, 1.807) is 11.3 Å². The molecule has 6 heteroatoms. The van der Waals surface area contributed by atoms with Crippen LogP contribution in [0.25, 0.3) is 10.6 Å². The molecule has 2 aliphatic rings. The van der Waals surface area contributed by atoms with Crippen LogP contribution in [0.2, 0.25) is 0 Å². The van der Waals surface area contributed by atoms with Crippen LogP contribution in [-0.2, 0) is 11.2 Å². The van der Waals surface area contributed by atoms with Crippen molar-refractivity contribution in [3.05, 3.63) is 40.9 Å². The number of nitrogens with two attached hydrogens (primary N) is 1. The third kappa shape index (κ3) is 3.73. The van der Waals surface area contributed by atoms with Crippen molar-refractivity contribution in [2.75, 3.05) is 13.1 Å². The Labute approximate surface area is 158 Å². The molecule has 2 fully saturated rings. The van der Waals surface area contributed by atoms with Crippen molar-refractivity contribution in [1.29, 1.82) is 0 Å². The van der Waals surface area contributed by atoms with Gasteiger partial charge >= 0.3 is 0 Å². The highest BCUT2D eigenvalue weighted by molar-refractivity contribution is 7.13. The number of aryl methyl sites for hydroxylation is 1.